The van der Waals surface area contributed by atoms with Crippen LogP contribution in [0.1, 0.15) is 41.3 Å². The lowest BCUT2D eigenvalue weighted by Gasteiger charge is -2.22. The van der Waals surface area contributed by atoms with Crippen LogP contribution in [0.4, 0.5) is 0 Å². The van der Waals surface area contributed by atoms with Gasteiger partial charge in [0.25, 0.3) is 0 Å². The first-order valence-electron chi connectivity index (χ1n) is 7.08. The maximum Gasteiger partial charge on any atom is 0.225 e. The van der Waals surface area contributed by atoms with Gasteiger partial charge in [-0.25, -0.2) is 9.97 Å². The molecule has 2 heterocycles. The van der Waals surface area contributed by atoms with E-state index in [4.69, 9.17) is 0 Å². The molecule has 1 atom stereocenters. The van der Waals surface area contributed by atoms with Gasteiger partial charge in [0.05, 0.1) is 23.2 Å². The van der Waals surface area contributed by atoms with Gasteiger partial charge in [-0.2, -0.15) is 0 Å². The molecule has 0 saturated carbocycles. The standard InChI is InChI=1S/C15H22N4OS/c1-9(2)14(15-16-6-7-19(15)5)18-13(20)8-12-10(3)17-11(4)21-12/h6-7,9,14H,8H2,1-5H3,(H,18,20). The Labute approximate surface area is 129 Å². The SMILES string of the molecule is Cc1nc(C)c(CC(=O)NC(c2nccn2C)C(C)C)s1. The molecule has 2 aromatic rings. The lowest BCUT2D eigenvalue weighted by Crippen LogP contribution is -2.34. The topological polar surface area (TPSA) is 59.8 Å². The number of hydrogen-bond acceptors (Lipinski definition) is 4. The average molecular weight is 306 g/mol. The molecule has 2 rings (SSSR count). The van der Waals surface area contributed by atoms with Gasteiger partial charge in [0.1, 0.15) is 5.82 Å². The molecule has 0 bridgehead atoms. The summed E-state index contributed by atoms with van der Waals surface area (Å²) in [5.74, 6) is 1.18. The van der Waals surface area contributed by atoms with Gasteiger partial charge in [-0.15, -0.1) is 11.3 Å². The highest BCUT2D eigenvalue weighted by Crippen LogP contribution is 2.21. The summed E-state index contributed by atoms with van der Waals surface area (Å²) in [5, 5.41) is 4.10. The van der Waals surface area contributed by atoms with Crippen molar-refractivity contribution in [2.45, 2.75) is 40.2 Å². The summed E-state index contributed by atoms with van der Waals surface area (Å²) in [5.41, 5.74) is 0.950. The van der Waals surface area contributed by atoms with E-state index in [2.05, 4.69) is 29.1 Å². The number of thiazole rings is 1. The van der Waals surface area contributed by atoms with E-state index in [-0.39, 0.29) is 17.9 Å². The van der Waals surface area contributed by atoms with Crippen molar-refractivity contribution < 1.29 is 4.79 Å². The minimum absolute atomic E-state index is 0.0171. The van der Waals surface area contributed by atoms with Crippen LogP contribution in [0.2, 0.25) is 0 Å². The van der Waals surface area contributed by atoms with Crippen molar-refractivity contribution in [3.63, 3.8) is 0 Å². The first-order valence-corrected chi connectivity index (χ1v) is 7.89. The molecule has 0 aliphatic heterocycles. The van der Waals surface area contributed by atoms with Crippen LogP contribution < -0.4 is 5.32 Å². The van der Waals surface area contributed by atoms with E-state index in [0.717, 1.165) is 21.4 Å². The summed E-state index contributed by atoms with van der Waals surface area (Å²) in [6, 6.07) is -0.0770. The third-order valence-electron chi connectivity index (χ3n) is 3.44. The van der Waals surface area contributed by atoms with Gasteiger partial charge in [0, 0.05) is 24.3 Å². The summed E-state index contributed by atoms with van der Waals surface area (Å²) in [6.07, 6.45) is 4.03. The summed E-state index contributed by atoms with van der Waals surface area (Å²) in [7, 11) is 1.95. The van der Waals surface area contributed by atoms with Crippen molar-refractivity contribution in [3.8, 4) is 0 Å². The Morgan fingerprint density at radius 1 is 1.43 bits per heavy atom. The second-order valence-electron chi connectivity index (χ2n) is 5.60. The monoisotopic (exact) mass is 306 g/mol. The molecule has 0 radical (unpaired) electrons. The van der Waals surface area contributed by atoms with Gasteiger partial charge >= 0.3 is 0 Å². The van der Waals surface area contributed by atoms with E-state index < -0.39 is 0 Å². The summed E-state index contributed by atoms with van der Waals surface area (Å²) in [4.78, 5) is 22.1. The van der Waals surface area contributed by atoms with Gasteiger partial charge in [0.2, 0.25) is 5.91 Å². The molecule has 0 aromatic carbocycles. The van der Waals surface area contributed by atoms with Gasteiger partial charge < -0.3 is 9.88 Å². The highest BCUT2D eigenvalue weighted by molar-refractivity contribution is 7.11. The fourth-order valence-corrected chi connectivity index (χ4v) is 3.25. The number of imidazole rings is 1. The number of nitrogens with one attached hydrogen (secondary N) is 1. The Balaban J connectivity index is 2.09. The van der Waals surface area contributed by atoms with Crippen LogP contribution in [0.3, 0.4) is 0 Å². The Kier molecular flexibility index (Phi) is 4.77. The third-order valence-corrected chi connectivity index (χ3v) is 4.51. The number of carbonyl (C=O) groups is 1. The van der Waals surface area contributed by atoms with E-state index in [1.807, 2.05) is 31.7 Å². The molecule has 0 fully saturated rings. The molecule has 0 spiro atoms. The molecular formula is C15H22N4OS. The van der Waals surface area contributed by atoms with Crippen molar-refractivity contribution in [1.82, 2.24) is 19.9 Å². The fourth-order valence-electron chi connectivity index (χ4n) is 2.31. The van der Waals surface area contributed by atoms with Crippen LogP contribution in [-0.4, -0.2) is 20.4 Å². The first kappa shape index (κ1) is 15.7. The Morgan fingerprint density at radius 2 is 2.14 bits per heavy atom. The van der Waals surface area contributed by atoms with E-state index in [9.17, 15) is 4.79 Å². The molecule has 21 heavy (non-hydrogen) atoms. The lowest BCUT2D eigenvalue weighted by atomic mass is 10.0. The van der Waals surface area contributed by atoms with Crippen LogP contribution in [0.15, 0.2) is 12.4 Å². The van der Waals surface area contributed by atoms with E-state index in [1.165, 1.54) is 0 Å². The Bertz CT molecular complexity index is 629. The molecule has 1 amide bonds. The zero-order chi connectivity index (χ0) is 15.6. The molecule has 2 aromatic heterocycles. The largest absolute Gasteiger partial charge is 0.346 e. The van der Waals surface area contributed by atoms with Gasteiger partial charge in [-0.05, 0) is 19.8 Å². The maximum atomic E-state index is 12.3. The Hall–Kier alpha value is -1.69. The van der Waals surface area contributed by atoms with Crippen molar-refractivity contribution in [1.29, 1.82) is 0 Å². The van der Waals surface area contributed by atoms with Gasteiger partial charge in [-0.1, -0.05) is 13.8 Å². The number of aryl methyl sites for hydroxylation is 3. The second-order valence-corrected chi connectivity index (χ2v) is 6.89. The molecule has 114 valence electrons. The second kappa shape index (κ2) is 6.39. The fraction of sp³-hybridized carbons (Fsp3) is 0.533. The van der Waals surface area contributed by atoms with Crippen LogP contribution in [0, 0.1) is 19.8 Å². The smallest absolute Gasteiger partial charge is 0.225 e. The summed E-state index contributed by atoms with van der Waals surface area (Å²) < 4.78 is 1.95. The van der Waals surface area contributed by atoms with E-state index in [0.29, 0.717) is 6.42 Å². The molecule has 1 unspecified atom stereocenters. The van der Waals surface area contributed by atoms with Crippen molar-refractivity contribution in [2.24, 2.45) is 13.0 Å². The van der Waals surface area contributed by atoms with E-state index >= 15 is 0 Å². The number of rotatable bonds is 5. The third kappa shape index (κ3) is 3.69. The van der Waals surface area contributed by atoms with Crippen molar-refractivity contribution in [2.75, 3.05) is 0 Å². The predicted molar refractivity (Wildman–Crippen MR) is 84.2 cm³/mol. The average Bonchev–Trinajstić information content (AvgIpc) is 2.93. The molecule has 0 aliphatic rings. The van der Waals surface area contributed by atoms with Crippen LogP contribution >= 0.6 is 11.3 Å². The Morgan fingerprint density at radius 3 is 2.62 bits per heavy atom. The normalized spacial score (nSPS) is 12.7. The van der Waals surface area contributed by atoms with Crippen molar-refractivity contribution in [3.05, 3.63) is 33.8 Å². The van der Waals surface area contributed by atoms with Crippen LogP contribution in [0.5, 0.6) is 0 Å². The number of carbonyl (C=O) groups excluding carboxylic acids is 1. The van der Waals surface area contributed by atoms with Crippen LogP contribution in [-0.2, 0) is 18.3 Å². The lowest BCUT2D eigenvalue weighted by molar-refractivity contribution is -0.121. The van der Waals surface area contributed by atoms with Gasteiger partial charge in [0.15, 0.2) is 0 Å². The number of nitrogens with zero attached hydrogens (tertiary/aromatic N) is 3. The molecule has 0 aliphatic carbocycles. The molecule has 6 heteroatoms. The number of hydrogen-bond donors (Lipinski definition) is 1. The minimum Gasteiger partial charge on any atom is -0.346 e. The predicted octanol–water partition coefficient (Wildman–Crippen LogP) is 2.55. The minimum atomic E-state index is -0.0770. The first-order chi connectivity index (χ1) is 9.88. The highest BCUT2D eigenvalue weighted by atomic mass is 32.1. The molecule has 0 saturated heterocycles. The van der Waals surface area contributed by atoms with Gasteiger partial charge in [-0.3, -0.25) is 4.79 Å². The molecule has 1 N–H and O–H groups in total. The summed E-state index contributed by atoms with van der Waals surface area (Å²) in [6.45, 7) is 8.08. The van der Waals surface area contributed by atoms with Crippen molar-refractivity contribution >= 4 is 17.2 Å². The zero-order valence-corrected chi connectivity index (χ0v) is 14.0. The van der Waals surface area contributed by atoms with E-state index in [1.54, 1.807) is 17.5 Å². The highest BCUT2D eigenvalue weighted by Gasteiger charge is 2.22. The number of aromatic nitrogens is 3. The quantitative estimate of drug-likeness (QED) is 0.923. The zero-order valence-electron chi connectivity index (χ0n) is 13.2. The summed E-state index contributed by atoms with van der Waals surface area (Å²) >= 11 is 1.59. The molecule has 5 nitrogen and oxygen atoms in total. The maximum absolute atomic E-state index is 12.3. The molecular weight excluding hydrogens is 284 g/mol. The number of amides is 1. The van der Waals surface area contributed by atoms with Crippen LogP contribution in [0.25, 0.3) is 0 Å².